The van der Waals surface area contributed by atoms with Crippen LogP contribution in [0.4, 0.5) is 4.79 Å². The Hall–Kier alpha value is -1.14. The predicted octanol–water partition coefficient (Wildman–Crippen LogP) is 0.415. The van der Waals surface area contributed by atoms with Crippen molar-refractivity contribution in [3.05, 3.63) is 0 Å². The third-order valence-corrected chi connectivity index (χ3v) is 3.53. The molecule has 88 valence electrons. The maximum absolute atomic E-state index is 11.8. The van der Waals surface area contributed by atoms with E-state index in [0.717, 1.165) is 4.90 Å². The highest BCUT2D eigenvalue weighted by atomic mass is 16.8. The average Bonchev–Trinajstić information content (AvgIpc) is 2.70. The van der Waals surface area contributed by atoms with Crippen LogP contribution in [-0.4, -0.2) is 46.0 Å². The standard InChI is InChI=1S/C10H13NO5/c1-10(2)15-6-4-3-5(7(6)16-10)11(8(4)12)9(13)14/h4-7H,3H2,1-2H3,(H,13,14)/t4-,5+,6+,7-/m0/s1. The molecule has 2 heterocycles. The topological polar surface area (TPSA) is 76.1 Å². The zero-order chi connectivity index (χ0) is 11.7. The maximum atomic E-state index is 11.8. The van der Waals surface area contributed by atoms with Gasteiger partial charge >= 0.3 is 6.09 Å². The van der Waals surface area contributed by atoms with Crippen molar-refractivity contribution >= 4 is 12.0 Å². The average molecular weight is 227 g/mol. The summed E-state index contributed by atoms with van der Waals surface area (Å²) in [7, 11) is 0. The Labute approximate surface area is 92.1 Å². The molecule has 0 aromatic rings. The first-order chi connectivity index (χ1) is 7.41. The van der Waals surface area contributed by atoms with E-state index in [4.69, 9.17) is 14.6 Å². The van der Waals surface area contributed by atoms with E-state index < -0.39 is 11.9 Å². The van der Waals surface area contributed by atoms with E-state index in [9.17, 15) is 9.59 Å². The van der Waals surface area contributed by atoms with Gasteiger partial charge in [0.1, 0.15) is 12.2 Å². The number of imide groups is 1. The number of hydrogen-bond acceptors (Lipinski definition) is 4. The van der Waals surface area contributed by atoms with Crippen molar-refractivity contribution in [1.82, 2.24) is 4.90 Å². The lowest BCUT2D eigenvalue weighted by Gasteiger charge is -2.28. The highest BCUT2D eigenvalue weighted by Gasteiger charge is 2.65. The summed E-state index contributed by atoms with van der Waals surface area (Å²) in [5.74, 6) is -1.42. The summed E-state index contributed by atoms with van der Waals surface area (Å²) in [6.45, 7) is 3.56. The van der Waals surface area contributed by atoms with Crippen molar-refractivity contribution in [3.63, 3.8) is 0 Å². The predicted molar refractivity (Wildman–Crippen MR) is 50.6 cm³/mol. The zero-order valence-corrected chi connectivity index (χ0v) is 9.04. The number of carbonyl (C=O) groups is 2. The van der Waals surface area contributed by atoms with E-state index in [1.807, 2.05) is 0 Å². The SMILES string of the molecule is CC1(C)O[C@@H]2[C@H](O1)[C@@H]1C[C@H]2N(C(=O)O)C1=O. The first kappa shape index (κ1) is 10.0. The van der Waals surface area contributed by atoms with Crippen LogP contribution in [-0.2, 0) is 14.3 Å². The van der Waals surface area contributed by atoms with Gasteiger partial charge in [0.15, 0.2) is 5.79 Å². The second kappa shape index (κ2) is 2.75. The molecule has 1 aliphatic carbocycles. The van der Waals surface area contributed by atoms with Gasteiger partial charge in [-0.1, -0.05) is 0 Å². The van der Waals surface area contributed by atoms with E-state index in [0.29, 0.717) is 6.42 Å². The number of nitrogens with zero attached hydrogens (tertiary/aromatic N) is 1. The number of rotatable bonds is 0. The lowest BCUT2D eigenvalue weighted by molar-refractivity contribution is -0.155. The molecule has 3 fully saturated rings. The summed E-state index contributed by atoms with van der Waals surface area (Å²) >= 11 is 0. The molecule has 2 amide bonds. The molecule has 2 aliphatic heterocycles. The second-order valence-electron chi connectivity index (χ2n) is 4.97. The zero-order valence-electron chi connectivity index (χ0n) is 9.04. The van der Waals surface area contributed by atoms with Crippen LogP contribution >= 0.6 is 0 Å². The second-order valence-corrected chi connectivity index (χ2v) is 4.97. The molecule has 3 aliphatic rings. The van der Waals surface area contributed by atoms with Crippen LogP contribution in [0.15, 0.2) is 0 Å². The third-order valence-electron chi connectivity index (χ3n) is 3.53. The molecule has 6 nitrogen and oxygen atoms in total. The molecule has 0 aromatic heterocycles. The number of carbonyl (C=O) groups excluding carboxylic acids is 1. The van der Waals surface area contributed by atoms with Gasteiger partial charge in [0.25, 0.3) is 0 Å². The Morgan fingerprint density at radius 1 is 1.44 bits per heavy atom. The molecule has 0 radical (unpaired) electrons. The number of ether oxygens (including phenoxy) is 2. The monoisotopic (exact) mass is 227 g/mol. The number of carboxylic acid groups (broad SMARTS) is 1. The summed E-state index contributed by atoms with van der Waals surface area (Å²) in [4.78, 5) is 23.6. The van der Waals surface area contributed by atoms with Crippen molar-refractivity contribution in [1.29, 1.82) is 0 Å². The molecule has 3 rings (SSSR count). The van der Waals surface area contributed by atoms with Crippen molar-refractivity contribution < 1.29 is 24.2 Å². The largest absolute Gasteiger partial charge is 0.465 e. The Bertz CT molecular complexity index is 379. The van der Waals surface area contributed by atoms with E-state index in [-0.39, 0.29) is 30.1 Å². The van der Waals surface area contributed by atoms with E-state index in [1.54, 1.807) is 13.8 Å². The van der Waals surface area contributed by atoms with Crippen LogP contribution in [0.2, 0.25) is 0 Å². The highest BCUT2D eigenvalue weighted by Crippen LogP contribution is 2.48. The first-order valence-corrected chi connectivity index (χ1v) is 5.32. The fraction of sp³-hybridized carbons (Fsp3) is 0.800. The van der Waals surface area contributed by atoms with Gasteiger partial charge in [-0.25, -0.2) is 9.69 Å². The van der Waals surface area contributed by atoms with Gasteiger partial charge in [-0.15, -0.1) is 0 Å². The Morgan fingerprint density at radius 2 is 2.06 bits per heavy atom. The molecule has 6 heteroatoms. The number of amides is 2. The van der Waals surface area contributed by atoms with Gasteiger partial charge < -0.3 is 14.6 Å². The minimum atomic E-state index is -1.19. The molecule has 16 heavy (non-hydrogen) atoms. The van der Waals surface area contributed by atoms with E-state index in [1.165, 1.54) is 0 Å². The summed E-state index contributed by atoms with van der Waals surface area (Å²) in [6.07, 6.45) is -1.24. The van der Waals surface area contributed by atoms with E-state index in [2.05, 4.69) is 0 Å². The number of likely N-dealkylation sites (tertiary alicyclic amines) is 1. The molecule has 1 N–H and O–H groups in total. The van der Waals surface area contributed by atoms with Crippen molar-refractivity contribution in [2.24, 2.45) is 5.92 Å². The summed E-state index contributed by atoms with van der Waals surface area (Å²) < 4.78 is 11.3. The van der Waals surface area contributed by atoms with Gasteiger partial charge in [0, 0.05) is 0 Å². The number of piperidine rings is 1. The minimum absolute atomic E-state index is 0.275. The van der Waals surface area contributed by atoms with Gasteiger partial charge in [-0.05, 0) is 20.3 Å². The van der Waals surface area contributed by atoms with Crippen molar-refractivity contribution in [3.8, 4) is 0 Å². The minimum Gasteiger partial charge on any atom is -0.465 e. The summed E-state index contributed by atoms with van der Waals surface area (Å²) in [5, 5.41) is 8.96. The summed E-state index contributed by atoms with van der Waals surface area (Å²) in [5.41, 5.74) is 0. The van der Waals surface area contributed by atoms with Crippen LogP contribution in [0.5, 0.6) is 0 Å². The van der Waals surface area contributed by atoms with Gasteiger partial charge in [0.2, 0.25) is 5.91 Å². The Morgan fingerprint density at radius 3 is 2.69 bits per heavy atom. The van der Waals surface area contributed by atoms with Crippen molar-refractivity contribution in [2.75, 3.05) is 0 Å². The lowest BCUT2D eigenvalue weighted by Crippen LogP contribution is -2.52. The normalized spacial score (nSPS) is 43.9. The molecule has 2 saturated heterocycles. The maximum Gasteiger partial charge on any atom is 0.414 e. The Kier molecular flexibility index (Phi) is 1.73. The fourth-order valence-electron chi connectivity index (χ4n) is 3.03. The number of hydrogen-bond donors (Lipinski definition) is 1. The molecule has 2 bridgehead atoms. The van der Waals surface area contributed by atoms with Crippen molar-refractivity contribution in [2.45, 2.75) is 44.3 Å². The van der Waals surface area contributed by atoms with Crippen LogP contribution in [0.25, 0.3) is 0 Å². The molecule has 1 saturated carbocycles. The molecular weight excluding hydrogens is 214 g/mol. The Balaban J connectivity index is 1.92. The highest BCUT2D eigenvalue weighted by molar-refractivity contribution is 5.96. The molecule has 0 spiro atoms. The summed E-state index contributed by atoms with van der Waals surface area (Å²) in [6, 6.07) is -0.373. The quantitative estimate of drug-likeness (QED) is 0.648. The molecule has 4 atom stereocenters. The van der Waals surface area contributed by atoms with Crippen LogP contribution in [0.1, 0.15) is 20.3 Å². The fourth-order valence-corrected chi connectivity index (χ4v) is 3.03. The van der Waals surface area contributed by atoms with Crippen LogP contribution in [0.3, 0.4) is 0 Å². The molecular formula is C10H13NO5. The smallest absolute Gasteiger partial charge is 0.414 e. The van der Waals surface area contributed by atoms with Crippen LogP contribution in [0, 0.1) is 5.92 Å². The van der Waals surface area contributed by atoms with Gasteiger partial charge in [-0.3, -0.25) is 4.79 Å². The van der Waals surface area contributed by atoms with Crippen LogP contribution < -0.4 is 0 Å². The van der Waals surface area contributed by atoms with E-state index >= 15 is 0 Å². The number of fused-ring (bicyclic) bond motifs is 5. The third kappa shape index (κ3) is 1.08. The van der Waals surface area contributed by atoms with Gasteiger partial charge in [-0.2, -0.15) is 0 Å². The van der Waals surface area contributed by atoms with Gasteiger partial charge in [0.05, 0.1) is 12.0 Å². The molecule has 0 aromatic carbocycles. The lowest BCUT2D eigenvalue weighted by atomic mass is 10.0. The first-order valence-electron chi connectivity index (χ1n) is 5.32. The molecule has 0 unspecified atom stereocenters.